The van der Waals surface area contributed by atoms with Crippen LogP contribution in [-0.2, 0) is 0 Å². The summed E-state index contributed by atoms with van der Waals surface area (Å²) in [5, 5.41) is 3.36. The minimum atomic E-state index is 0.305. The van der Waals surface area contributed by atoms with Gasteiger partial charge < -0.3 is 5.32 Å². The second-order valence-corrected chi connectivity index (χ2v) is 6.39. The molecule has 14 heavy (non-hydrogen) atoms. The first kappa shape index (κ1) is 13.5. The molecule has 0 aliphatic carbocycles. The van der Waals surface area contributed by atoms with Crippen molar-refractivity contribution in [1.82, 2.24) is 5.32 Å². The van der Waals surface area contributed by atoms with Crippen LogP contribution in [0.2, 0.25) is 0 Å². The number of hydrogen-bond donors (Lipinski definition) is 1. The molecule has 0 saturated carbocycles. The van der Waals surface area contributed by atoms with Gasteiger partial charge in [-0.3, -0.25) is 0 Å². The number of nitrogens with one attached hydrogen (secondary N) is 1. The maximum atomic E-state index is 3.75. The van der Waals surface area contributed by atoms with E-state index in [2.05, 4.69) is 53.4 Å². The van der Waals surface area contributed by atoms with Gasteiger partial charge in [0.2, 0.25) is 0 Å². The van der Waals surface area contributed by atoms with Gasteiger partial charge in [0.1, 0.15) is 0 Å². The van der Waals surface area contributed by atoms with Crippen LogP contribution >= 0.6 is 0 Å². The van der Waals surface area contributed by atoms with Gasteiger partial charge in [0.15, 0.2) is 0 Å². The predicted octanol–water partition coefficient (Wildman–Crippen LogP) is 3.96. The summed E-state index contributed by atoms with van der Waals surface area (Å²) in [4.78, 5) is 0. The molecule has 0 aromatic rings. The van der Waals surface area contributed by atoms with Crippen molar-refractivity contribution in [2.75, 3.05) is 0 Å². The number of rotatable bonds is 4. The molecule has 0 spiro atoms. The minimum Gasteiger partial charge on any atom is -0.388 e. The molecule has 0 rings (SSSR count). The zero-order valence-electron chi connectivity index (χ0n) is 10.8. The van der Waals surface area contributed by atoms with Crippen molar-refractivity contribution in [3.63, 3.8) is 0 Å². The lowest BCUT2D eigenvalue weighted by atomic mass is 9.80. The van der Waals surface area contributed by atoms with E-state index in [1.807, 2.05) is 6.20 Å². The SMILES string of the molecule is C=CNC(CCC(C)(C)C)C(C)(C)C. The van der Waals surface area contributed by atoms with Crippen LogP contribution in [-0.4, -0.2) is 6.04 Å². The third kappa shape index (κ3) is 6.06. The van der Waals surface area contributed by atoms with Crippen molar-refractivity contribution in [3.05, 3.63) is 12.8 Å². The Bertz CT molecular complexity index is 169. The molecule has 0 radical (unpaired) electrons. The quantitative estimate of drug-likeness (QED) is 0.719. The highest BCUT2D eigenvalue weighted by Crippen LogP contribution is 2.28. The Morgan fingerprint density at radius 3 is 1.93 bits per heavy atom. The van der Waals surface area contributed by atoms with Crippen LogP contribution in [0.5, 0.6) is 0 Å². The normalized spacial score (nSPS) is 15.0. The van der Waals surface area contributed by atoms with E-state index in [-0.39, 0.29) is 0 Å². The molecule has 1 nitrogen and oxygen atoms in total. The standard InChI is InChI=1S/C13H27N/c1-8-14-11(13(5,6)7)9-10-12(2,3)4/h8,11,14H,1,9-10H2,2-7H3. The minimum absolute atomic E-state index is 0.305. The fraction of sp³-hybridized carbons (Fsp3) is 0.846. The smallest absolute Gasteiger partial charge is 0.0304 e. The van der Waals surface area contributed by atoms with Gasteiger partial charge in [0, 0.05) is 6.04 Å². The van der Waals surface area contributed by atoms with E-state index in [9.17, 15) is 0 Å². The molecule has 84 valence electrons. The second-order valence-electron chi connectivity index (χ2n) is 6.39. The highest BCUT2D eigenvalue weighted by molar-refractivity contribution is 4.85. The van der Waals surface area contributed by atoms with Crippen molar-refractivity contribution in [2.45, 2.75) is 60.4 Å². The van der Waals surface area contributed by atoms with E-state index in [1.54, 1.807) is 0 Å². The van der Waals surface area contributed by atoms with Crippen LogP contribution in [0.15, 0.2) is 12.8 Å². The van der Waals surface area contributed by atoms with Gasteiger partial charge in [-0.15, -0.1) is 0 Å². The largest absolute Gasteiger partial charge is 0.388 e. The van der Waals surface area contributed by atoms with Gasteiger partial charge in [-0.05, 0) is 29.9 Å². The van der Waals surface area contributed by atoms with Crippen molar-refractivity contribution >= 4 is 0 Å². The fourth-order valence-corrected chi connectivity index (χ4v) is 1.49. The highest BCUT2D eigenvalue weighted by Gasteiger charge is 2.24. The van der Waals surface area contributed by atoms with Gasteiger partial charge >= 0.3 is 0 Å². The highest BCUT2D eigenvalue weighted by atomic mass is 14.9. The van der Waals surface area contributed by atoms with Gasteiger partial charge in [0.05, 0.1) is 0 Å². The molecule has 0 aliphatic rings. The first-order valence-corrected chi connectivity index (χ1v) is 5.54. The van der Waals surface area contributed by atoms with Gasteiger partial charge in [-0.25, -0.2) is 0 Å². The summed E-state index contributed by atoms with van der Waals surface area (Å²) < 4.78 is 0. The second kappa shape index (κ2) is 4.86. The number of hydrogen-bond acceptors (Lipinski definition) is 1. The predicted molar refractivity (Wildman–Crippen MR) is 65.3 cm³/mol. The van der Waals surface area contributed by atoms with Crippen molar-refractivity contribution in [3.8, 4) is 0 Å². The van der Waals surface area contributed by atoms with Crippen LogP contribution in [0, 0.1) is 10.8 Å². The molecular weight excluding hydrogens is 170 g/mol. The van der Waals surface area contributed by atoms with Crippen LogP contribution in [0.25, 0.3) is 0 Å². The van der Waals surface area contributed by atoms with E-state index in [0.717, 1.165) is 0 Å². The van der Waals surface area contributed by atoms with Crippen LogP contribution < -0.4 is 5.32 Å². The van der Waals surface area contributed by atoms with Gasteiger partial charge in [0.25, 0.3) is 0 Å². The first-order valence-electron chi connectivity index (χ1n) is 5.54. The average molecular weight is 197 g/mol. The molecule has 1 N–H and O–H groups in total. The lowest BCUT2D eigenvalue weighted by Gasteiger charge is -2.33. The van der Waals surface area contributed by atoms with E-state index in [0.29, 0.717) is 16.9 Å². The Morgan fingerprint density at radius 1 is 1.14 bits per heavy atom. The molecule has 0 saturated heterocycles. The molecule has 1 unspecified atom stereocenters. The maximum absolute atomic E-state index is 3.75. The summed E-state index contributed by atoms with van der Waals surface area (Å²) in [7, 11) is 0. The van der Waals surface area contributed by atoms with Crippen molar-refractivity contribution < 1.29 is 0 Å². The Hall–Kier alpha value is -0.460. The monoisotopic (exact) mass is 197 g/mol. The Kier molecular flexibility index (Phi) is 4.70. The third-order valence-corrected chi connectivity index (χ3v) is 2.55. The average Bonchev–Trinajstić information content (AvgIpc) is 1.93. The topological polar surface area (TPSA) is 12.0 Å². The molecule has 0 heterocycles. The maximum Gasteiger partial charge on any atom is 0.0304 e. The molecule has 1 heteroatoms. The van der Waals surface area contributed by atoms with Gasteiger partial charge in [-0.1, -0.05) is 48.1 Å². The molecular formula is C13H27N. The Labute approximate surface area is 90.0 Å². The van der Waals surface area contributed by atoms with E-state index in [4.69, 9.17) is 0 Å². The summed E-state index contributed by atoms with van der Waals surface area (Å²) in [5.74, 6) is 0. The Morgan fingerprint density at radius 2 is 1.64 bits per heavy atom. The molecule has 0 bridgehead atoms. The molecule has 0 aromatic heterocycles. The Balaban J connectivity index is 4.18. The van der Waals surface area contributed by atoms with E-state index < -0.39 is 0 Å². The molecule has 0 amide bonds. The summed E-state index contributed by atoms with van der Waals surface area (Å²) >= 11 is 0. The molecule has 0 aliphatic heterocycles. The van der Waals surface area contributed by atoms with E-state index in [1.165, 1.54) is 12.8 Å². The van der Waals surface area contributed by atoms with Crippen molar-refractivity contribution in [2.24, 2.45) is 10.8 Å². The molecule has 0 aromatic carbocycles. The summed E-state index contributed by atoms with van der Waals surface area (Å²) in [6, 6.07) is 0.527. The first-order chi connectivity index (χ1) is 6.17. The van der Waals surface area contributed by atoms with Crippen molar-refractivity contribution in [1.29, 1.82) is 0 Å². The van der Waals surface area contributed by atoms with Gasteiger partial charge in [-0.2, -0.15) is 0 Å². The zero-order valence-corrected chi connectivity index (χ0v) is 10.8. The fourth-order valence-electron chi connectivity index (χ4n) is 1.49. The van der Waals surface area contributed by atoms with Crippen LogP contribution in [0.4, 0.5) is 0 Å². The molecule has 0 fully saturated rings. The third-order valence-electron chi connectivity index (χ3n) is 2.55. The lowest BCUT2D eigenvalue weighted by Crippen LogP contribution is -2.37. The lowest BCUT2D eigenvalue weighted by molar-refractivity contribution is 0.238. The summed E-state index contributed by atoms with van der Waals surface area (Å²) in [6.45, 7) is 17.4. The zero-order chi connectivity index (χ0) is 11.4. The van der Waals surface area contributed by atoms with E-state index >= 15 is 0 Å². The summed E-state index contributed by atoms with van der Waals surface area (Å²) in [6.07, 6.45) is 4.27. The molecule has 1 atom stereocenters. The summed E-state index contributed by atoms with van der Waals surface area (Å²) in [5.41, 5.74) is 0.728. The van der Waals surface area contributed by atoms with Crippen LogP contribution in [0.3, 0.4) is 0 Å². The van der Waals surface area contributed by atoms with Crippen LogP contribution in [0.1, 0.15) is 54.4 Å².